The van der Waals surface area contributed by atoms with Gasteiger partial charge in [-0.2, -0.15) is 0 Å². The molecule has 0 spiro atoms. The van der Waals surface area contributed by atoms with Crippen LogP contribution in [0.3, 0.4) is 0 Å². The number of morpholine rings is 1. The van der Waals surface area contributed by atoms with Gasteiger partial charge in [-0.15, -0.1) is 0 Å². The lowest BCUT2D eigenvalue weighted by atomic mass is 10.2. The number of hydrogen-bond acceptors (Lipinski definition) is 3. The SMILES string of the molecule is CC1COC(CBr)CN1c1ccncc1. The molecule has 1 aromatic heterocycles. The standard InChI is InChI=1S/C11H15BrN2O/c1-9-8-15-11(6-12)7-14(9)10-2-4-13-5-3-10/h2-5,9,11H,6-8H2,1H3. The molecule has 1 saturated heterocycles. The van der Waals surface area contributed by atoms with E-state index in [0.717, 1.165) is 18.5 Å². The van der Waals surface area contributed by atoms with Crippen molar-refractivity contribution in [3.63, 3.8) is 0 Å². The van der Waals surface area contributed by atoms with Crippen LogP contribution in [-0.2, 0) is 4.74 Å². The highest BCUT2D eigenvalue weighted by Gasteiger charge is 2.25. The Morgan fingerprint density at radius 1 is 1.53 bits per heavy atom. The number of nitrogens with zero attached hydrogens (tertiary/aromatic N) is 2. The van der Waals surface area contributed by atoms with Gasteiger partial charge in [0.05, 0.1) is 12.7 Å². The van der Waals surface area contributed by atoms with E-state index in [1.54, 1.807) is 0 Å². The predicted octanol–water partition coefficient (Wildman–Crippen LogP) is 2.07. The van der Waals surface area contributed by atoms with Crippen LogP contribution >= 0.6 is 15.9 Å². The van der Waals surface area contributed by atoms with Crippen LogP contribution in [0.5, 0.6) is 0 Å². The Morgan fingerprint density at radius 2 is 2.27 bits per heavy atom. The van der Waals surface area contributed by atoms with Gasteiger partial charge in [-0.25, -0.2) is 0 Å². The molecule has 2 unspecified atom stereocenters. The molecule has 0 bridgehead atoms. The summed E-state index contributed by atoms with van der Waals surface area (Å²) in [4.78, 5) is 6.41. The zero-order valence-electron chi connectivity index (χ0n) is 8.77. The fraction of sp³-hybridized carbons (Fsp3) is 0.545. The first-order valence-corrected chi connectivity index (χ1v) is 6.27. The summed E-state index contributed by atoms with van der Waals surface area (Å²) in [5.74, 6) is 0. The minimum Gasteiger partial charge on any atom is -0.373 e. The molecule has 2 heterocycles. The third-order valence-electron chi connectivity index (χ3n) is 2.67. The Kier molecular flexibility index (Phi) is 3.59. The fourth-order valence-corrected chi connectivity index (χ4v) is 2.20. The third kappa shape index (κ3) is 2.49. The molecule has 15 heavy (non-hydrogen) atoms. The lowest BCUT2D eigenvalue weighted by molar-refractivity contribution is 0.0380. The van der Waals surface area contributed by atoms with E-state index in [2.05, 4.69) is 32.7 Å². The second-order valence-corrected chi connectivity index (χ2v) is 4.46. The smallest absolute Gasteiger partial charge is 0.0847 e. The van der Waals surface area contributed by atoms with E-state index in [1.165, 1.54) is 5.69 Å². The second kappa shape index (κ2) is 4.94. The van der Waals surface area contributed by atoms with Crippen molar-refractivity contribution in [3.05, 3.63) is 24.5 Å². The lowest BCUT2D eigenvalue weighted by Crippen LogP contribution is -2.49. The zero-order chi connectivity index (χ0) is 10.7. The monoisotopic (exact) mass is 270 g/mol. The molecule has 0 aliphatic carbocycles. The molecule has 1 fully saturated rings. The van der Waals surface area contributed by atoms with Crippen LogP contribution in [0.15, 0.2) is 24.5 Å². The highest BCUT2D eigenvalue weighted by atomic mass is 79.9. The number of rotatable bonds is 2. The first-order valence-electron chi connectivity index (χ1n) is 5.15. The second-order valence-electron chi connectivity index (χ2n) is 3.82. The van der Waals surface area contributed by atoms with Crippen molar-refractivity contribution in [3.8, 4) is 0 Å². The highest BCUT2D eigenvalue weighted by molar-refractivity contribution is 9.09. The molecule has 0 aromatic carbocycles. The van der Waals surface area contributed by atoms with Gasteiger partial charge in [0.15, 0.2) is 0 Å². The zero-order valence-corrected chi connectivity index (χ0v) is 10.4. The Morgan fingerprint density at radius 3 is 2.93 bits per heavy atom. The summed E-state index contributed by atoms with van der Waals surface area (Å²) >= 11 is 3.47. The van der Waals surface area contributed by atoms with Gasteiger partial charge in [0.2, 0.25) is 0 Å². The van der Waals surface area contributed by atoms with Crippen LogP contribution in [-0.4, -0.2) is 35.6 Å². The molecule has 2 rings (SSSR count). The van der Waals surface area contributed by atoms with Gasteiger partial charge in [0.1, 0.15) is 0 Å². The number of anilines is 1. The molecule has 1 aliphatic heterocycles. The van der Waals surface area contributed by atoms with Crippen molar-refractivity contribution in [1.29, 1.82) is 0 Å². The van der Waals surface area contributed by atoms with E-state index in [0.29, 0.717) is 6.04 Å². The van der Waals surface area contributed by atoms with Crippen LogP contribution in [0, 0.1) is 0 Å². The summed E-state index contributed by atoms with van der Waals surface area (Å²) in [5.41, 5.74) is 1.23. The normalized spacial score (nSPS) is 26.7. The first-order chi connectivity index (χ1) is 7.31. The van der Waals surface area contributed by atoms with Gasteiger partial charge >= 0.3 is 0 Å². The third-order valence-corrected chi connectivity index (χ3v) is 3.39. The fourth-order valence-electron chi connectivity index (χ4n) is 1.81. The molecule has 1 aliphatic rings. The van der Waals surface area contributed by atoms with Crippen molar-refractivity contribution < 1.29 is 4.74 Å². The van der Waals surface area contributed by atoms with E-state index >= 15 is 0 Å². The number of aromatic nitrogens is 1. The summed E-state index contributed by atoms with van der Waals surface area (Å²) in [6.07, 6.45) is 3.95. The van der Waals surface area contributed by atoms with E-state index in [1.807, 2.05) is 24.5 Å². The number of pyridine rings is 1. The lowest BCUT2D eigenvalue weighted by Gasteiger charge is -2.39. The van der Waals surface area contributed by atoms with Gasteiger partial charge in [-0.1, -0.05) is 15.9 Å². The molecule has 0 amide bonds. The maximum atomic E-state index is 5.69. The molecule has 0 N–H and O–H groups in total. The van der Waals surface area contributed by atoms with Crippen molar-refractivity contribution in [2.24, 2.45) is 0 Å². The van der Waals surface area contributed by atoms with Crippen LogP contribution in [0.2, 0.25) is 0 Å². The molecule has 82 valence electrons. The molecule has 4 heteroatoms. The van der Waals surface area contributed by atoms with E-state index in [-0.39, 0.29) is 6.10 Å². The molecule has 0 saturated carbocycles. The minimum atomic E-state index is 0.286. The summed E-state index contributed by atoms with van der Waals surface area (Å²) < 4.78 is 5.69. The van der Waals surface area contributed by atoms with E-state index < -0.39 is 0 Å². The Hall–Kier alpha value is -0.610. The van der Waals surface area contributed by atoms with E-state index in [9.17, 15) is 0 Å². The Balaban J connectivity index is 2.13. The summed E-state index contributed by atoms with van der Waals surface area (Å²) in [6.45, 7) is 3.92. The average molecular weight is 271 g/mol. The molecular weight excluding hydrogens is 256 g/mol. The van der Waals surface area contributed by atoms with Gasteiger partial charge in [-0.3, -0.25) is 4.98 Å². The molecule has 3 nitrogen and oxygen atoms in total. The maximum Gasteiger partial charge on any atom is 0.0847 e. The largest absolute Gasteiger partial charge is 0.373 e. The predicted molar refractivity (Wildman–Crippen MR) is 64.6 cm³/mol. The van der Waals surface area contributed by atoms with Crippen LogP contribution in [0.25, 0.3) is 0 Å². The summed E-state index contributed by atoms with van der Waals surface area (Å²) in [6, 6.07) is 4.53. The quantitative estimate of drug-likeness (QED) is 0.770. The van der Waals surface area contributed by atoms with Gasteiger partial charge in [0.25, 0.3) is 0 Å². The highest BCUT2D eigenvalue weighted by Crippen LogP contribution is 2.21. The summed E-state index contributed by atoms with van der Waals surface area (Å²) in [7, 11) is 0. The topological polar surface area (TPSA) is 25.4 Å². The Labute approximate surface area is 98.6 Å². The molecular formula is C11H15BrN2O. The first kappa shape index (κ1) is 10.9. The minimum absolute atomic E-state index is 0.286. The molecule has 2 atom stereocenters. The van der Waals surface area contributed by atoms with Crippen LogP contribution in [0.4, 0.5) is 5.69 Å². The number of ether oxygens (including phenoxy) is 1. The van der Waals surface area contributed by atoms with Crippen molar-refractivity contribution in [2.75, 3.05) is 23.4 Å². The van der Waals surface area contributed by atoms with Crippen molar-refractivity contribution in [1.82, 2.24) is 4.98 Å². The van der Waals surface area contributed by atoms with E-state index in [4.69, 9.17) is 4.74 Å². The van der Waals surface area contributed by atoms with Gasteiger partial charge < -0.3 is 9.64 Å². The Bertz CT molecular complexity index is 307. The number of alkyl halides is 1. The maximum absolute atomic E-state index is 5.69. The summed E-state index contributed by atoms with van der Waals surface area (Å²) in [5, 5.41) is 0.890. The molecule has 1 aromatic rings. The number of hydrogen-bond donors (Lipinski definition) is 0. The van der Waals surface area contributed by atoms with Crippen molar-refractivity contribution >= 4 is 21.6 Å². The van der Waals surface area contributed by atoms with Gasteiger partial charge in [-0.05, 0) is 19.1 Å². The molecule has 0 radical (unpaired) electrons. The van der Waals surface area contributed by atoms with Crippen LogP contribution in [0.1, 0.15) is 6.92 Å². The van der Waals surface area contributed by atoms with Crippen LogP contribution < -0.4 is 4.90 Å². The number of halogens is 1. The average Bonchev–Trinajstić information content (AvgIpc) is 2.31. The van der Waals surface area contributed by atoms with Crippen molar-refractivity contribution in [2.45, 2.75) is 19.1 Å². The van der Waals surface area contributed by atoms with Gasteiger partial charge in [0, 0.05) is 36.0 Å².